The molecular weight excluding hydrogens is 342 g/mol. The Kier molecular flexibility index (Phi) is 4.75. The van der Waals surface area contributed by atoms with E-state index in [-0.39, 0.29) is 30.8 Å². The van der Waals surface area contributed by atoms with Crippen molar-refractivity contribution in [3.63, 3.8) is 0 Å². The SMILES string of the molecule is O=C(N[C@@H]1CO[C@H]2[C@@H]1OC[C@H]2O)C1(c2ccc(Cl)cc2)CCCCC1. The van der Waals surface area contributed by atoms with Crippen molar-refractivity contribution in [3.05, 3.63) is 34.9 Å². The number of rotatable bonds is 3. The summed E-state index contributed by atoms with van der Waals surface area (Å²) in [6.45, 7) is 0.652. The van der Waals surface area contributed by atoms with Crippen molar-refractivity contribution in [1.82, 2.24) is 5.32 Å². The van der Waals surface area contributed by atoms with Crippen molar-refractivity contribution in [2.24, 2.45) is 0 Å². The Morgan fingerprint density at radius 3 is 2.48 bits per heavy atom. The van der Waals surface area contributed by atoms with Crippen LogP contribution < -0.4 is 5.32 Å². The summed E-state index contributed by atoms with van der Waals surface area (Å²) in [7, 11) is 0. The third kappa shape index (κ3) is 3.08. The van der Waals surface area contributed by atoms with E-state index in [0.717, 1.165) is 37.7 Å². The van der Waals surface area contributed by atoms with E-state index in [1.165, 1.54) is 0 Å². The van der Waals surface area contributed by atoms with Crippen LogP contribution in [-0.2, 0) is 19.7 Å². The van der Waals surface area contributed by atoms with Gasteiger partial charge in [-0.25, -0.2) is 0 Å². The summed E-state index contributed by atoms with van der Waals surface area (Å²) >= 11 is 6.03. The molecule has 0 radical (unpaired) electrons. The number of nitrogens with one attached hydrogen (secondary N) is 1. The number of hydrogen-bond acceptors (Lipinski definition) is 4. The van der Waals surface area contributed by atoms with E-state index in [0.29, 0.717) is 11.6 Å². The first-order valence-corrected chi connectivity index (χ1v) is 9.46. The maximum absolute atomic E-state index is 13.3. The van der Waals surface area contributed by atoms with Crippen LogP contribution in [0.4, 0.5) is 0 Å². The Morgan fingerprint density at radius 1 is 1.08 bits per heavy atom. The van der Waals surface area contributed by atoms with E-state index < -0.39 is 11.5 Å². The fraction of sp³-hybridized carbons (Fsp3) is 0.632. The van der Waals surface area contributed by atoms with Gasteiger partial charge < -0.3 is 19.9 Å². The molecule has 0 bridgehead atoms. The van der Waals surface area contributed by atoms with Crippen LogP contribution in [0.25, 0.3) is 0 Å². The minimum absolute atomic E-state index is 0.0359. The fourth-order valence-corrected chi connectivity index (χ4v) is 4.61. The standard InChI is InChI=1S/C19H24ClNO4/c20-13-6-4-12(5-7-13)19(8-2-1-3-9-19)18(23)21-14-10-24-17-15(22)11-25-16(14)17/h4-7,14-17,22H,1-3,8-11H2,(H,21,23)/t14-,15-,16-,17-/m1/s1. The van der Waals surface area contributed by atoms with Crippen LogP contribution in [0, 0.1) is 0 Å². The summed E-state index contributed by atoms with van der Waals surface area (Å²) in [5.74, 6) is 0.0359. The van der Waals surface area contributed by atoms with Gasteiger partial charge in [-0.15, -0.1) is 0 Å². The molecule has 5 nitrogen and oxygen atoms in total. The predicted octanol–water partition coefficient (Wildman–Crippen LogP) is 2.19. The molecule has 2 saturated heterocycles. The molecule has 2 heterocycles. The second kappa shape index (κ2) is 6.88. The highest BCUT2D eigenvalue weighted by molar-refractivity contribution is 6.30. The van der Waals surface area contributed by atoms with Crippen LogP contribution in [0.3, 0.4) is 0 Å². The Bertz CT molecular complexity index is 629. The topological polar surface area (TPSA) is 67.8 Å². The highest BCUT2D eigenvalue weighted by atomic mass is 35.5. The number of benzene rings is 1. The number of aliphatic hydroxyl groups is 1. The molecule has 0 aromatic heterocycles. The smallest absolute Gasteiger partial charge is 0.231 e. The van der Waals surface area contributed by atoms with Crippen molar-refractivity contribution >= 4 is 17.5 Å². The average Bonchev–Trinajstić information content (AvgIpc) is 3.20. The van der Waals surface area contributed by atoms with E-state index >= 15 is 0 Å². The first-order valence-electron chi connectivity index (χ1n) is 9.08. The lowest BCUT2D eigenvalue weighted by molar-refractivity contribution is -0.129. The van der Waals surface area contributed by atoms with Crippen molar-refractivity contribution in [3.8, 4) is 0 Å². The van der Waals surface area contributed by atoms with Crippen LogP contribution in [0.2, 0.25) is 5.02 Å². The zero-order valence-electron chi connectivity index (χ0n) is 14.1. The number of amides is 1. The lowest BCUT2D eigenvalue weighted by Crippen LogP contribution is -2.52. The minimum atomic E-state index is -0.605. The zero-order chi connectivity index (χ0) is 17.4. The molecular formula is C19H24ClNO4. The van der Waals surface area contributed by atoms with E-state index in [2.05, 4.69) is 5.32 Å². The third-order valence-corrected chi connectivity index (χ3v) is 6.13. The van der Waals surface area contributed by atoms with Gasteiger partial charge in [-0.05, 0) is 30.5 Å². The van der Waals surface area contributed by atoms with Crippen LogP contribution in [-0.4, -0.2) is 48.6 Å². The monoisotopic (exact) mass is 365 g/mol. The molecule has 136 valence electrons. The van der Waals surface area contributed by atoms with E-state index in [1.54, 1.807) is 0 Å². The molecule has 0 unspecified atom stereocenters. The van der Waals surface area contributed by atoms with E-state index in [1.807, 2.05) is 24.3 Å². The van der Waals surface area contributed by atoms with Gasteiger partial charge in [0.05, 0.1) is 24.7 Å². The predicted molar refractivity (Wildman–Crippen MR) is 93.6 cm³/mol. The lowest BCUT2D eigenvalue weighted by atomic mass is 9.68. The second-order valence-electron chi connectivity index (χ2n) is 7.39. The summed E-state index contributed by atoms with van der Waals surface area (Å²) in [5.41, 5.74) is 0.509. The van der Waals surface area contributed by atoms with Gasteiger partial charge in [0.2, 0.25) is 5.91 Å². The minimum Gasteiger partial charge on any atom is -0.388 e. The van der Waals surface area contributed by atoms with Crippen molar-refractivity contribution in [1.29, 1.82) is 0 Å². The Labute approximate surface area is 152 Å². The summed E-state index contributed by atoms with van der Waals surface area (Å²) in [5, 5.41) is 13.7. The van der Waals surface area contributed by atoms with Gasteiger partial charge in [-0.3, -0.25) is 4.79 Å². The Hall–Kier alpha value is -1.14. The molecule has 2 aliphatic heterocycles. The summed E-state index contributed by atoms with van der Waals surface area (Å²) in [6.07, 6.45) is 3.73. The molecule has 0 spiro atoms. The first-order chi connectivity index (χ1) is 12.1. The molecule has 3 aliphatic rings. The van der Waals surface area contributed by atoms with E-state index in [4.69, 9.17) is 21.1 Å². The van der Waals surface area contributed by atoms with Gasteiger partial charge in [-0.2, -0.15) is 0 Å². The zero-order valence-corrected chi connectivity index (χ0v) is 14.9. The van der Waals surface area contributed by atoms with Gasteiger partial charge in [0.1, 0.15) is 18.3 Å². The molecule has 1 amide bonds. The highest BCUT2D eigenvalue weighted by Gasteiger charge is 2.49. The van der Waals surface area contributed by atoms with Gasteiger partial charge in [0.25, 0.3) is 0 Å². The number of carbonyl (C=O) groups excluding carboxylic acids is 1. The Morgan fingerprint density at radius 2 is 1.76 bits per heavy atom. The van der Waals surface area contributed by atoms with Crippen LogP contribution in [0.1, 0.15) is 37.7 Å². The van der Waals surface area contributed by atoms with Gasteiger partial charge in [0.15, 0.2) is 0 Å². The number of ether oxygens (including phenoxy) is 2. The average molecular weight is 366 g/mol. The van der Waals surface area contributed by atoms with Crippen LogP contribution >= 0.6 is 11.6 Å². The highest BCUT2D eigenvalue weighted by Crippen LogP contribution is 2.40. The number of halogens is 1. The van der Waals surface area contributed by atoms with Gasteiger partial charge >= 0.3 is 0 Å². The van der Waals surface area contributed by atoms with Gasteiger partial charge in [-0.1, -0.05) is 43.0 Å². The van der Waals surface area contributed by atoms with Crippen LogP contribution in [0.5, 0.6) is 0 Å². The molecule has 4 atom stereocenters. The normalized spacial score (nSPS) is 33.8. The second-order valence-corrected chi connectivity index (χ2v) is 7.83. The molecule has 1 aromatic carbocycles. The molecule has 6 heteroatoms. The molecule has 1 aromatic rings. The molecule has 25 heavy (non-hydrogen) atoms. The quantitative estimate of drug-likeness (QED) is 0.861. The summed E-state index contributed by atoms with van der Waals surface area (Å²) in [6, 6.07) is 7.44. The number of fused-ring (bicyclic) bond motifs is 1. The van der Waals surface area contributed by atoms with Crippen LogP contribution in [0.15, 0.2) is 24.3 Å². The van der Waals surface area contributed by atoms with Gasteiger partial charge in [0, 0.05) is 5.02 Å². The number of aliphatic hydroxyl groups excluding tert-OH is 1. The maximum atomic E-state index is 13.3. The number of carbonyl (C=O) groups is 1. The summed E-state index contributed by atoms with van der Waals surface area (Å²) < 4.78 is 11.3. The van der Waals surface area contributed by atoms with Crippen molar-refractivity contribution in [2.45, 2.75) is 61.9 Å². The van der Waals surface area contributed by atoms with Crippen molar-refractivity contribution < 1.29 is 19.4 Å². The molecule has 1 aliphatic carbocycles. The van der Waals surface area contributed by atoms with Crippen molar-refractivity contribution in [2.75, 3.05) is 13.2 Å². The van der Waals surface area contributed by atoms with E-state index in [9.17, 15) is 9.90 Å². The Balaban J connectivity index is 1.55. The number of hydrogen-bond donors (Lipinski definition) is 2. The lowest BCUT2D eigenvalue weighted by Gasteiger charge is -2.37. The molecule has 2 N–H and O–H groups in total. The fourth-order valence-electron chi connectivity index (χ4n) is 4.48. The third-order valence-electron chi connectivity index (χ3n) is 5.88. The largest absolute Gasteiger partial charge is 0.388 e. The molecule has 1 saturated carbocycles. The maximum Gasteiger partial charge on any atom is 0.231 e. The first kappa shape index (κ1) is 17.3. The molecule has 4 rings (SSSR count). The summed E-state index contributed by atoms with van der Waals surface area (Å²) in [4.78, 5) is 13.3. The molecule has 3 fully saturated rings.